The Morgan fingerprint density at radius 2 is 1.95 bits per heavy atom. The number of nitrogens with zero attached hydrogens (tertiary/aromatic N) is 2. The molecule has 1 unspecified atom stereocenters. The predicted octanol–water partition coefficient (Wildman–Crippen LogP) is 2.73. The van der Waals surface area contributed by atoms with Crippen LogP contribution in [0.3, 0.4) is 0 Å². The van der Waals surface area contributed by atoms with Crippen molar-refractivity contribution in [1.29, 1.82) is 0 Å². The van der Waals surface area contributed by atoms with Crippen molar-refractivity contribution in [3.05, 3.63) is 46.5 Å². The quantitative estimate of drug-likeness (QED) is 0.482. The van der Waals surface area contributed by atoms with Crippen molar-refractivity contribution in [2.24, 2.45) is 5.92 Å². The Labute approximate surface area is 121 Å². The first-order chi connectivity index (χ1) is 10.1. The highest BCUT2D eigenvalue weighted by Gasteiger charge is 2.31. The number of benzene rings is 2. The first-order valence-electron chi connectivity index (χ1n) is 6.54. The van der Waals surface area contributed by atoms with Crippen LogP contribution in [0.2, 0.25) is 0 Å². The van der Waals surface area contributed by atoms with Crippen LogP contribution in [0, 0.1) is 28.4 Å². The number of nitro benzene ring substituents is 1. The zero-order valence-electron chi connectivity index (χ0n) is 11.2. The fraction of sp³-hybridized carbons (Fsp3) is 0.188. The molecule has 0 spiro atoms. The Morgan fingerprint density at radius 1 is 1.24 bits per heavy atom. The number of fused-ring (bicyclic) bond motifs is 1. The van der Waals surface area contributed by atoms with Crippen molar-refractivity contribution in [3.8, 4) is 12.3 Å². The number of nitro groups is 1. The average molecular weight is 280 g/mol. The first kappa shape index (κ1) is 13.1. The lowest BCUT2D eigenvalue weighted by atomic mass is 10.1. The van der Waals surface area contributed by atoms with E-state index in [-0.39, 0.29) is 17.5 Å². The molecule has 5 nitrogen and oxygen atoms in total. The van der Waals surface area contributed by atoms with Crippen LogP contribution in [0.5, 0.6) is 0 Å². The number of terminal acetylenes is 1. The van der Waals surface area contributed by atoms with Gasteiger partial charge >= 0.3 is 0 Å². The van der Waals surface area contributed by atoms with Crippen LogP contribution in [0.1, 0.15) is 6.42 Å². The highest BCUT2D eigenvalue weighted by molar-refractivity contribution is 6.07. The van der Waals surface area contributed by atoms with Gasteiger partial charge in [0.2, 0.25) is 5.91 Å². The van der Waals surface area contributed by atoms with Gasteiger partial charge in [-0.3, -0.25) is 14.9 Å². The molecule has 0 N–H and O–H groups in total. The normalized spacial score (nSPS) is 18.0. The number of anilines is 1. The first-order valence-corrected chi connectivity index (χ1v) is 6.54. The molecule has 0 radical (unpaired) electrons. The van der Waals surface area contributed by atoms with Crippen molar-refractivity contribution >= 4 is 28.1 Å². The van der Waals surface area contributed by atoms with Gasteiger partial charge in [-0.05, 0) is 12.1 Å². The number of carbonyl (C=O) groups is 1. The number of non-ortho nitro benzene ring substituents is 1. The zero-order chi connectivity index (χ0) is 15.0. The van der Waals surface area contributed by atoms with Crippen LogP contribution in [0.15, 0.2) is 36.4 Å². The van der Waals surface area contributed by atoms with Gasteiger partial charge in [0.15, 0.2) is 0 Å². The molecule has 0 saturated carbocycles. The lowest BCUT2D eigenvalue weighted by Crippen LogP contribution is -2.24. The lowest BCUT2D eigenvalue weighted by molar-refractivity contribution is -0.383. The maximum atomic E-state index is 12.1. The zero-order valence-corrected chi connectivity index (χ0v) is 11.2. The summed E-state index contributed by atoms with van der Waals surface area (Å²) in [5.74, 6) is 2.45. The average Bonchev–Trinajstić information content (AvgIpc) is 2.87. The largest absolute Gasteiger partial charge is 0.310 e. The minimum Gasteiger partial charge on any atom is -0.310 e. The molecule has 1 atom stereocenters. The van der Waals surface area contributed by atoms with Gasteiger partial charge in [-0.1, -0.05) is 18.2 Å². The molecule has 1 aliphatic rings. The maximum Gasteiger partial charge on any atom is 0.277 e. The molecule has 0 bridgehead atoms. The van der Waals surface area contributed by atoms with Gasteiger partial charge in [-0.2, -0.15) is 0 Å². The molecule has 1 fully saturated rings. The minimum absolute atomic E-state index is 0.0366. The van der Waals surface area contributed by atoms with Crippen molar-refractivity contribution in [2.75, 3.05) is 11.4 Å². The molecule has 0 aliphatic carbocycles. The van der Waals surface area contributed by atoms with E-state index in [1.165, 1.54) is 6.07 Å². The Kier molecular flexibility index (Phi) is 3.07. The molecule has 2 aromatic carbocycles. The van der Waals surface area contributed by atoms with Gasteiger partial charge in [0.25, 0.3) is 5.69 Å². The molecule has 5 heteroatoms. The Morgan fingerprint density at radius 3 is 2.57 bits per heavy atom. The van der Waals surface area contributed by atoms with E-state index >= 15 is 0 Å². The van der Waals surface area contributed by atoms with Gasteiger partial charge < -0.3 is 4.90 Å². The van der Waals surface area contributed by atoms with Gasteiger partial charge in [-0.15, -0.1) is 12.3 Å². The highest BCUT2D eigenvalue weighted by Crippen LogP contribution is 2.35. The summed E-state index contributed by atoms with van der Waals surface area (Å²) in [5.41, 5.74) is 0.716. The second kappa shape index (κ2) is 4.91. The topological polar surface area (TPSA) is 63.5 Å². The summed E-state index contributed by atoms with van der Waals surface area (Å²) in [6.45, 7) is 0.455. The standard InChI is InChI=1S/C16H12N2O3/c1-2-11-9-16(19)17(10-11)14-7-8-15(18(20)21)13-6-4-3-5-12(13)14/h1,3-8,11H,9-10H2. The van der Waals surface area contributed by atoms with E-state index in [0.717, 1.165) is 0 Å². The molecular formula is C16H12N2O3. The van der Waals surface area contributed by atoms with E-state index in [1.807, 2.05) is 0 Å². The van der Waals surface area contributed by atoms with E-state index < -0.39 is 4.92 Å². The van der Waals surface area contributed by atoms with Gasteiger partial charge in [0, 0.05) is 30.3 Å². The summed E-state index contributed by atoms with van der Waals surface area (Å²) in [7, 11) is 0. The highest BCUT2D eigenvalue weighted by atomic mass is 16.6. The number of rotatable bonds is 2. The summed E-state index contributed by atoms with van der Waals surface area (Å²) in [4.78, 5) is 24.4. The fourth-order valence-electron chi connectivity index (χ4n) is 2.71. The maximum absolute atomic E-state index is 12.1. The van der Waals surface area contributed by atoms with Crippen molar-refractivity contribution in [1.82, 2.24) is 0 Å². The molecule has 2 aromatic rings. The predicted molar refractivity (Wildman–Crippen MR) is 79.9 cm³/mol. The van der Waals surface area contributed by atoms with E-state index in [9.17, 15) is 14.9 Å². The molecule has 21 heavy (non-hydrogen) atoms. The van der Waals surface area contributed by atoms with Gasteiger partial charge in [0.05, 0.1) is 16.0 Å². The van der Waals surface area contributed by atoms with Crippen molar-refractivity contribution < 1.29 is 9.72 Å². The minimum atomic E-state index is -0.415. The van der Waals surface area contributed by atoms with Gasteiger partial charge in [-0.25, -0.2) is 0 Å². The monoisotopic (exact) mass is 280 g/mol. The molecule has 1 aliphatic heterocycles. The van der Waals surface area contributed by atoms with Crippen LogP contribution < -0.4 is 4.90 Å². The summed E-state index contributed by atoms with van der Waals surface area (Å²) < 4.78 is 0. The second-order valence-electron chi connectivity index (χ2n) is 4.98. The Hall–Kier alpha value is -2.87. The summed E-state index contributed by atoms with van der Waals surface area (Å²) in [6, 6.07) is 10.1. The summed E-state index contributed by atoms with van der Waals surface area (Å²) in [5, 5.41) is 12.3. The molecule has 3 rings (SSSR count). The number of hydrogen-bond acceptors (Lipinski definition) is 3. The van der Waals surface area contributed by atoms with Crippen LogP contribution in [0.25, 0.3) is 10.8 Å². The lowest BCUT2D eigenvalue weighted by Gasteiger charge is -2.18. The van der Waals surface area contributed by atoms with Crippen LogP contribution in [-0.4, -0.2) is 17.4 Å². The van der Waals surface area contributed by atoms with Gasteiger partial charge in [0.1, 0.15) is 0 Å². The van der Waals surface area contributed by atoms with Crippen LogP contribution in [-0.2, 0) is 4.79 Å². The third-order valence-corrected chi connectivity index (χ3v) is 3.73. The second-order valence-corrected chi connectivity index (χ2v) is 4.98. The smallest absolute Gasteiger partial charge is 0.277 e. The summed E-state index contributed by atoms with van der Waals surface area (Å²) >= 11 is 0. The number of hydrogen-bond donors (Lipinski definition) is 0. The van der Waals surface area contributed by atoms with E-state index in [1.54, 1.807) is 35.2 Å². The molecule has 0 aromatic heterocycles. The molecular weight excluding hydrogens is 268 g/mol. The third-order valence-electron chi connectivity index (χ3n) is 3.73. The van der Waals surface area contributed by atoms with Crippen molar-refractivity contribution in [2.45, 2.75) is 6.42 Å². The number of amides is 1. The summed E-state index contributed by atoms with van der Waals surface area (Å²) in [6.07, 6.45) is 5.72. The molecule has 104 valence electrons. The Balaban J connectivity index is 2.17. The van der Waals surface area contributed by atoms with Crippen LogP contribution >= 0.6 is 0 Å². The fourth-order valence-corrected chi connectivity index (χ4v) is 2.71. The van der Waals surface area contributed by atoms with E-state index in [4.69, 9.17) is 6.42 Å². The Bertz CT molecular complexity index is 792. The van der Waals surface area contributed by atoms with Crippen LogP contribution in [0.4, 0.5) is 11.4 Å². The molecule has 1 heterocycles. The SMILES string of the molecule is C#CC1CC(=O)N(c2ccc([N+](=O)[O-])c3ccccc23)C1. The number of carbonyl (C=O) groups excluding carboxylic acids is 1. The molecule has 1 saturated heterocycles. The van der Waals surface area contributed by atoms with E-state index in [2.05, 4.69) is 5.92 Å². The third kappa shape index (κ3) is 2.11. The van der Waals surface area contributed by atoms with Crippen molar-refractivity contribution in [3.63, 3.8) is 0 Å². The molecule has 1 amide bonds. The van der Waals surface area contributed by atoms with E-state index in [0.29, 0.717) is 29.4 Å².